The van der Waals surface area contributed by atoms with Gasteiger partial charge in [0.25, 0.3) is 5.88 Å². The second-order valence-electron chi connectivity index (χ2n) is 10.1. The smallest absolute Gasteiger partial charge is 0.256 e. The zero-order valence-corrected chi connectivity index (χ0v) is 22.4. The fourth-order valence-electron chi connectivity index (χ4n) is 4.86. The molecular weight excluding hydrogens is 500 g/mol. The molecule has 0 radical (unpaired) electrons. The van der Waals surface area contributed by atoms with Crippen LogP contribution in [-0.2, 0) is 10.0 Å². The number of sulfonamides is 1. The van der Waals surface area contributed by atoms with E-state index in [-0.39, 0.29) is 29.3 Å². The van der Waals surface area contributed by atoms with Gasteiger partial charge in [0.1, 0.15) is 11.8 Å². The summed E-state index contributed by atoms with van der Waals surface area (Å²) >= 11 is 0. The van der Waals surface area contributed by atoms with Gasteiger partial charge in [-0.3, -0.25) is 4.72 Å². The summed E-state index contributed by atoms with van der Waals surface area (Å²) in [6.45, 7) is 5.65. The molecule has 0 aliphatic heterocycles. The molecule has 0 atom stereocenters. The van der Waals surface area contributed by atoms with E-state index in [1.54, 1.807) is 12.1 Å². The molecule has 2 aromatic carbocycles. The van der Waals surface area contributed by atoms with E-state index < -0.39 is 10.0 Å². The van der Waals surface area contributed by atoms with Gasteiger partial charge < -0.3 is 15.0 Å². The van der Waals surface area contributed by atoms with E-state index in [0.717, 1.165) is 47.0 Å². The van der Waals surface area contributed by atoms with Crippen molar-refractivity contribution in [1.82, 2.24) is 14.5 Å². The van der Waals surface area contributed by atoms with Crippen LogP contribution in [0.2, 0.25) is 0 Å². The lowest BCUT2D eigenvalue weighted by Crippen LogP contribution is -2.20. The third-order valence-corrected chi connectivity index (χ3v) is 8.39. The first-order valence-electron chi connectivity index (χ1n) is 12.6. The normalized spacial score (nSPS) is 13.9. The number of fused-ring (bicyclic) bond motifs is 1. The van der Waals surface area contributed by atoms with Gasteiger partial charge in [0.05, 0.1) is 28.3 Å². The monoisotopic (exact) mass is 530 g/mol. The molecule has 0 unspecified atom stereocenters. The highest BCUT2D eigenvalue weighted by Gasteiger charge is 2.27. The Kier molecular flexibility index (Phi) is 6.71. The van der Waals surface area contributed by atoms with E-state index in [9.17, 15) is 13.7 Å². The molecular formula is C28H30N6O3S. The van der Waals surface area contributed by atoms with Crippen molar-refractivity contribution in [2.75, 3.05) is 16.2 Å². The number of rotatable bonds is 8. The number of hydrogen-bond acceptors (Lipinski definition) is 7. The number of anilines is 2. The molecule has 9 nitrogen and oxygen atoms in total. The van der Waals surface area contributed by atoms with E-state index in [1.165, 1.54) is 12.4 Å². The van der Waals surface area contributed by atoms with Crippen LogP contribution in [-0.4, -0.2) is 28.7 Å². The van der Waals surface area contributed by atoms with Crippen LogP contribution in [0, 0.1) is 24.2 Å². The number of hydrogen-bond donors (Lipinski definition) is 2. The fourth-order valence-corrected chi connectivity index (χ4v) is 6.39. The quantitative estimate of drug-likeness (QED) is 0.295. The van der Waals surface area contributed by atoms with Crippen molar-refractivity contribution in [1.29, 1.82) is 5.26 Å². The molecule has 2 heterocycles. The van der Waals surface area contributed by atoms with Crippen LogP contribution < -0.4 is 15.2 Å². The zero-order chi connectivity index (χ0) is 27.0. The molecule has 3 N–H and O–H groups in total. The predicted molar refractivity (Wildman–Crippen MR) is 148 cm³/mol. The van der Waals surface area contributed by atoms with Gasteiger partial charge in [0, 0.05) is 35.5 Å². The topological polar surface area (TPSA) is 136 Å². The van der Waals surface area contributed by atoms with Crippen LogP contribution in [0.3, 0.4) is 0 Å². The second kappa shape index (κ2) is 9.99. The molecule has 0 amide bonds. The lowest BCUT2D eigenvalue weighted by atomic mass is 9.92. The molecule has 1 fully saturated rings. The Bertz CT molecular complexity index is 1670. The number of nitrogens with two attached hydrogens (primary N) is 1. The van der Waals surface area contributed by atoms with E-state index >= 15 is 0 Å². The number of nitrogens with one attached hydrogen (secondary N) is 1. The van der Waals surface area contributed by atoms with Crippen LogP contribution in [0.15, 0.2) is 48.8 Å². The third-order valence-electron chi connectivity index (χ3n) is 6.76. The number of benzene rings is 2. The molecule has 1 aliphatic rings. The zero-order valence-electron chi connectivity index (χ0n) is 21.6. The maximum absolute atomic E-state index is 12.5. The van der Waals surface area contributed by atoms with Gasteiger partial charge in [-0.2, -0.15) is 5.26 Å². The minimum atomic E-state index is -3.44. The Morgan fingerprint density at radius 3 is 2.61 bits per heavy atom. The highest BCUT2D eigenvalue weighted by atomic mass is 32.2. The third kappa shape index (κ3) is 4.89. The van der Waals surface area contributed by atoms with Crippen LogP contribution in [0.1, 0.15) is 50.4 Å². The first-order chi connectivity index (χ1) is 18.2. The summed E-state index contributed by atoms with van der Waals surface area (Å²) in [5.74, 6) is 0.770. The number of aromatic nitrogens is 3. The molecule has 4 aromatic rings. The number of aryl methyl sites for hydroxylation is 1. The molecule has 196 valence electrons. The number of ether oxygens (including phenoxy) is 1. The molecule has 10 heteroatoms. The Morgan fingerprint density at radius 1 is 1.18 bits per heavy atom. The molecule has 5 rings (SSSR count). The minimum absolute atomic E-state index is 0.0272. The number of nitrogen functional groups attached to an aromatic ring is 1. The van der Waals surface area contributed by atoms with Crippen molar-refractivity contribution < 1.29 is 13.2 Å². The Morgan fingerprint density at radius 2 is 1.95 bits per heavy atom. The summed E-state index contributed by atoms with van der Waals surface area (Å²) in [6.07, 6.45) is 6.15. The summed E-state index contributed by atoms with van der Waals surface area (Å²) in [7, 11) is -3.44. The molecule has 0 saturated heterocycles. The van der Waals surface area contributed by atoms with Crippen molar-refractivity contribution in [3.05, 3.63) is 60.0 Å². The Labute approximate surface area is 222 Å². The second-order valence-corrected chi connectivity index (χ2v) is 11.9. The summed E-state index contributed by atoms with van der Waals surface area (Å²) in [4.78, 5) is 8.17. The molecule has 1 saturated carbocycles. The van der Waals surface area contributed by atoms with Crippen molar-refractivity contribution in [2.24, 2.45) is 5.92 Å². The molecule has 2 aromatic heterocycles. The van der Waals surface area contributed by atoms with Gasteiger partial charge in [-0.05, 0) is 61.9 Å². The molecule has 0 spiro atoms. The minimum Gasteiger partial charge on any atom is -0.436 e. The van der Waals surface area contributed by atoms with Crippen molar-refractivity contribution >= 4 is 32.3 Å². The van der Waals surface area contributed by atoms with E-state index in [2.05, 4.69) is 19.3 Å². The lowest BCUT2D eigenvalue weighted by Gasteiger charge is -2.30. The van der Waals surface area contributed by atoms with Crippen molar-refractivity contribution in [3.63, 3.8) is 0 Å². The largest absolute Gasteiger partial charge is 0.436 e. The Balaban J connectivity index is 1.57. The first-order valence-corrected chi connectivity index (χ1v) is 14.3. The highest BCUT2D eigenvalue weighted by Crippen LogP contribution is 2.45. The first kappa shape index (κ1) is 25.5. The number of nitrogens with zero attached hydrogens (tertiary/aromatic N) is 4. The average Bonchev–Trinajstić information content (AvgIpc) is 3.10. The summed E-state index contributed by atoms with van der Waals surface area (Å²) in [6, 6.07) is 13.6. The lowest BCUT2D eigenvalue weighted by molar-refractivity contribution is 0.324. The van der Waals surface area contributed by atoms with E-state index in [4.69, 9.17) is 10.5 Å². The summed E-state index contributed by atoms with van der Waals surface area (Å²) in [5.41, 5.74) is 11.6. The van der Waals surface area contributed by atoms with Gasteiger partial charge >= 0.3 is 0 Å². The Hall–Kier alpha value is -4.10. The molecule has 38 heavy (non-hydrogen) atoms. The average molecular weight is 531 g/mol. The fraction of sp³-hybridized carbons (Fsp3) is 0.321. The predicted octanol–water partition coefficient (Wildman–Crippen LogP) is 5.78. The molecule has 1 aliphatic carbocycles. The van der Waals surface area contributed by atoms with Crippen LogP contribution >= 0.6 is 0 Å². The van der Waals surface area contributed by atoms with Gasteiger partial charge in [-0.15, -0.1) is 0 Å². The SMILES string of the molecule is Cc1cc(-c2c(N)c3ccc(Oc4nccnc4C#N)cc3n2C2CCC2)ccc1NS(=O)(=O)CC(C)C. The maximum atomic E-state index is 12.5. The van der Waals surface area contributed by atoms with Gasteiger partial charge in [-0.1, -0.05) is 19.9 Å². The molecule has 0 bridgehead atoms. The summed E-state index contributed by atoms with van der Waals surface area (Å²) in [5, 5.41) is 10.2. The van der Waals surface area contributed by atoms with Gasteiger partial charge in [0.2, 0.25) is 15.7 Å². The van der Waals surface area contributed by atoms with Crippen molar-refractivity contribution in [2.45, 2.75) is 46.1 Å². The number of nitriles is 1. The van der Waals surface area contributed by atoms with Gasteiger partial charge in [-0.25, -0.2) is 18.4 Å². The van der Waals surface area contributed by atoms with Crippen LogP contribution in [0.4, 0.5) is 11.4 Å². The van der Waals surface area contributed by atoms with Crippen molar-refractivity contribution in [3.8, 4) is 29.0 Å². The van der Waals surface area contributed by atoms with E-state index in [1.807, 2.05) is 51.1 Å². The van der Waals surface area contributed by atoms with Crippen LogP contribution in [0.5, 0.6) is 11.6 Å². The maximum Gasteiger partial charge on any atom is 0.256 e. The van der Waals surface area contributed by atoms with Gasteiger partial charge in [0.15, 0.2) is 0 Å². The highest BCUT2D eigenvalue weighted by molar-refractivity contribution is 7.92. The van der Waals surface area contributed by atoms with Crippen LogP contribution in [0.25, 0.3) is 22.2 Å². The summed E-state index contributed by atoms with van der Waals surface area (Å²) < 4.78 is 35.9. The standard InChI is InChI=1S/C28H30N6O3S/c1-17(2)16-38(35,36)33-23-10-7-19(13-18(23)3)27-26(30)22-9-8-21(14-25(22)34(27)20-5-4-6-20)37-28-24(15-29)31-11-12-32-28/h7-14,17,20,33H,4-6,16,30H2,1-3H3. The van der Waals surface area contributed by atoms with E-state index in [0.29, 0.717) is 17.1 Å².